The average Bonchev–Trinajstić information content (AvgIpc) is 3.49. The van der Waals surface area contributed by atoms with Crippen LogP contribution in [-0.4, -0.2) is 88.1 Å². The van der Waals surface area contributed by atoms with Crippen molar-refractivity contribution in [3.8, 4) is 0 Å². The van der Waals surface area contributed by atoms with E-state index in [9.17, 15) is 38.8 Å². The van der Waals surface area contributed by atoms with E-state index in [4.69, 9.17) is 24.8 Å². The Morgan fingerprint density at radius 3 is 1.98 bits per heavy atom. The lowest BCUT2D eigenvalue weighted by atomic mass is 9.88. The van der Waals surface area contributed by atoms with Gasteiger partial charge in [0.2, 0.25) is 0 Å². The molecule has 7 atom stereocenters. The summed E-state index contributed by atoms with van der Waals surface area (Å²) in [6.45, 7) is 2.36. The summed E-state index contributed by atoms with van der Waals surface area (Å²) in [7, 11) is -4.80. The third kappa shape index (κ3) is 29.7. The van der Waals surface area contributed by atoms with Crippen molar-refractivity contribution < 1.29 is 62.5 Å². The molecule has 6 N–H and O–H groups in total. The molecule has 0 amide bonds. The zero-order valence-electron chi connectivity index (χ0n) is 36.7. The van der Waals surface area contributed by atoms with Crippen LogP contribution in [0.2, 0.25) is 0 Å². The van der Waals surface area contributed by atoms with Crippen molar-refractivity contribution in [3.63, 3.8) is 0 Å². The number of aliphatic hydroxyl groups is 2. The van der Waals surface area contributed by atoms with Gasteiger partial charge < -0.3 is 35.4 Å². The van der Waals surface area contributed by atoms with Gasteiger partial charge >= 0.3 is 25.7 Å². The number of phosphoric ester groups is 1. The summed E-state index contributed by atoms with van der Waals surface area (Å²) in [6, 6.07) is -1.57. The number of carbonyl (C=O) groups is 4. The number of esters is 2. The Hall–Kier alpha value is -3.23. The zero-order chi connectivity index (χ0) is 45.1. The first-order valence-corrected chi connectivity index (χ1v) is 23.9. The Kier molecular flexibility index (Phi) is 32.2. The molecule has 1 unspecified atom stereocenters. The minimum absolute atomic E-state index is 0.00605. The van der Waals surface area contributed by atoms with Crippen molar-refractivity contribution in [1.82, 2.24) is 0 Å². The fourth-order valence-corrected chi connectivity index (χ4v) is 7.33. The van der Waals surface area contributed by atoms with Crippen LogP contribution in [-0.2, 0) is 42.3 Å². The number of ether oxygens (including phenoxy) is 2. The number of aliphatic carboxylic acids is 1. The molecule has 0 aromatic carbocycles. The van der Waals surface area contributed by atoms with Gasteiger partial charge in [0, 0.05) is 25.2 Å². The molecule has 0 bridgehead atoms. The van der Waals surface area contributed by atoms with Crippen LogP contribution >= 0.6 is 7.82 Å². The van der Waals surface area contributed by atoms with Crippen molar-refractivity contribution >= 4 is 31.5 Å². The van der Waals surface area contributed by atoms with Crippen LogP contribution in [0.5, 0.6) is 0 Å². The number of carbonyl (C=O) groups excluding carboxylic acids is 3. The summed E-state index contributed by atoms with van der Waals surface area (Å²) in [6.07, 6.45) is 33.4. The SMILES string of the molecule is CCCCC/C=C\C/C=C\C/C=C\C/C=C\CCCC(=O)OC[C@H](COP(=O)(O)OC[C@H](N)C(=O)O)OC(=O)CCCCCC[C@H]1[C@@H](O)CC(=O)[C@@H]1/C=C/[C@@H](O)CCCCC. The second-order valence-corrected chi connectivity index (χ2v) is 17.1. The number of allylic oxidation sites excluding steroid dienone is 9. The highest BCUT2D eigenvalue weighted by Gasteiger charge is 2.39. The van der Waals surface area contributed by atoms with Crippen molar-refractivity contribution in [1.29, 1.82) is 0 Å². The number of carboxylic acids is 1. The minimum Gasteiger partial charge on any atom is -0.480 e. The van der Waals surface area contributed by atoms with Gasteiger partial charge in [-0.2, -0.15) is 0 Å². The van der Waals surface area contributed by atoms with Gasteiger partial charge in [-0.15, -0.1) is 0 Å². The van der Waals surface area contributed by atoms with Gasteiger partial charge in [-0.25, -0.2) is 4.57 Å². The summed E-state index contributed by atoms with van der Waals surface area (Å²) < 4.78 is 32.6. The van der Waals surface area contributed by atoms with Gasteiger partial charge in [-0.05, 0) is 70.1 Å². The standard InChI is InChI=1S/C46H76NO13P/c1-3-5-7-8-9-10-11-12-13-14-15-16-17-18-19-20-25-29-44(51)57-34-38(35-58-61(55,56)59-36-41(47)46(53)54)60-45(52)30-26-22-21-24-28-39-40(43(50)33-42(39)49)32-31-37(48)27-23-6-4-2/h9-10,12-13,15-16,18-19,31-32,37-42,48-49H,3-8,11,14,17,20-30,33-36,47H2,1-2H3,(H,53,54)(H,55,56)/b10-9-,13-12-,16-15-,19-18-,32-31+/t37-,38+,39+,40+,41-,42-/m0/s1. The maximum Gasteiger partial charge on any atom is 0.472 e. The van der Waals surface area contributed by atoms with E-state index in [1.54, 1.807) is 12.2 Å². The van der Waals surface area contributed by atoms with Gasteiger partial charge in [0.25, 0.3) is 0 Å². The predicted octanol–water partition coefficient (Wildman–Crippen LogP) is 8.54. The maximum absolute atomic E-state index is 12.8. The lowest BCUT2D eigenvalue weighted by Gasteiger charge is -2.20. The number of ketones is 1. The highest BCUT2D eigenvalue weighted by molar-refractivity contribution is 7.47. The molecular formula is C46H76NO13P. The Balaban J connectivity index is 2.52. The largest absolute Gasteiger partial charge is 0.480 e. The topological polar surface area (TPSA) is 229 Å². The van der Waals surface area contributed by atoms with E-state index in [0.717, 1.165) is 57.8 Å². The first-order chi connectivity index (χ1) is 29.3. The fourth-order valence-electron chi connectivity index (χ4n) is 6.55. The van der Waals surface area contributed by atoms with Gasteiger partial charge in [0.15, 0.2) is 6.10 Å². The second-order valence-electron chi connectivity index (χ2n) is 15.6. The number of carboxylic acid groups (broad SMARTS) is 1. The average molecular weight is 882 g/mol. The van der Waals surface area contributed by atoms with Crippen LogP contribution < -0.4 is 5.73 Å². The van der Waals surface area contributed by atoms with E-state index in [1.165, 1.54) is 19.3 Å². The molecule has 1 saturated carbocycles. The number of hydrogen-bond acceptors (Lipinski definition) is 12. The van der Waals surface area contributed by atoms with Gasteiger partial charge in [-0.1, -0.05) is 126 Å². The van der Waals surface area contributed by atoms with Crippen LogP contribution in [0.15, 0.2) is 60.8 Å². The summed E-state index contributed by atoms with van der Waals surface area (Å²) in [5.41, 5.74) is 5.33. The third-order valence-electron chi connectivity index (χ3n) is 10.1. The van der Waals surface area contributed by atoms with Crippen molar-refractivity contribution in [2.45, 2.75) is 173 Å². The smallest absolute Gasteiger partial charge is 0.472 e. The van der Waals surface area contributed by atoms with Crippen molar-refractivity contribution in [2.75, 3.05) is 19.8 Å². The summed E-state index contributed by atoms with van der Waals surface area (Å²) >= 11 is 0. The number of rotatable bonds is 37. The molecule has 61 heavy (non-hydrogen) atoms. The molecular weight excluding hydrogens is 805 g/mol. The zero-order valence-corrected chi connectivity index (χ0v) is 37.6. The van der Waals surface area contributed by atoms with E-state index in [-0.39, 0.29) is 31.0 Å². The first-order valence-electron chi connectivity index (χ1n) is 22.4. The van der Waals surface area contributed by atoms with E-state index in [1.807, 2.05) is 12.2 Å². The van der Waals surface area contributed by atoms with E-state index >= 15 is 0 Å². The van der Waals surface area contributed by atoms with Crippen LogP contribution in [0.4, 0.5) is 0 Å². The van der Waals surface area contributed by atoms with Crippen molar-refractivity contribution in [3.05, 3.63) is 60.8 Å². The van der Waals surface area contributed by atoms with Crippen LogP contribution in [0.25, 0.3) is 0 Å². The van der Waals surface area contributed by atoms with Crippen LogP contribution in [0, 0.1) is 11.8 Å². The third-order valence-corrected chi connectivity index (χ3v) is 11.1. The number of unbranched alkanes of at least 4 members (excludes halogenated alkanes) is 9. The molecule has 0 spiro atoms. The molecule has 0 aliphatic heterocycles. The van der Waals surface area contributed by atoms with Crippen LogP contribution in [0.3, 0.4) is 0 Å². The molecule has 0 aromatic heterocycles. The Morgan fingerprint density at radius 2 is 1.34 bits per heavy atom. The predicted molar refractivity (Wildman–Crippen MR) is 236 cm³/mol. The maximum atomic E-state index is 12.8. The lowest BCUT2D eigenvalue weighted by molar-refractivity contribution is -0.161. The molecule has 1 rings (SSSR count). The molecule has 1 aliphatic rings. The number of phosphoric acid groups is 1. The molecule has 0 radical (unpaired) electrons. The van der Waals surface area contributed by atoms with Crippen LogP contribution in [0.1, 0.15) is 149 Å². The molecule has 15 heteroatoms. The quantitative estimate of drug-likeness (QED) is 0.0171. The summed E-state index contributed by atoms with van der Waals surface area (Å²) in [5, 5.41) is 29.7. The monoisotopic (exact) mass is 882 g/mol. The van der Waals surface area contributed by atoms with Gasteiger partial charge in [-0.3, -0.25) is 28.2 Å². The van der Waals surface area contributed by atoms with E-state index < -0.39 is 75.8 Å². The number of nitrogens with two attached hydrogens (primary N) is 1. The molecule has 1 fully saturated rings. The lowest BCUT2D eigenvalue weighted by Crippen LogP contribution is -2.34. The van der Waals surface area contributed by atoms with Gasteiger partial charge in [0.1, 0.15) is 18.4 Å². The fraction of sp³-hybridized carbons (Fsp3) is 0.696. The second kappa shape index (κ2) is 35.3. The molecule has 1 aliphatic carbocycles. The number of hydrogen-bond donors (Lipinski definition) is 5. The minimum atomic E-state index is -4.80. The summed E-state index contributed by atoms with van der Waals surface area (Å²) in [5.74, 6) is -3.34. The van der Waals surface area contributed by atoms with Gasteiger partial charge in [0.05, 0.1) is 25.4 Å². The van der Waals surface area contributed by atoms with E-state index in [2.05, 4.69) is 54.8 Å². The number of aliphatic hydroxyl groups excluding tert-OH is 2. The highest BCUT2D eigenvalue weighted by atomic mass is 31.2. The Bertz CT molecular complexity index is 1430. The molecule has 348 valence electrons. The van der Waals surface area contributed by atoms with E-state index in [0.29, 0.717) is 38.5 Å². The summed E-state index contributed by atoms with van der Waals surface area (Å²) in [4.78, 5) is 58.7. The highest BCUT2D eigenvalue weighted by Crippen LogP contribution is 2.43. The molecule has 0 saturated heterocycles. The Labute approximate surface area is 364 Å². The Morgan fingerprint density at radius 1 is 0.770 bits per heavy atom. The molecule has 14 nitrogen and oxygen atoms in total. The normalized spacial score (nSPS) is 19.7. The molecule has 0 aromatic rings. The number of Topliss-reactive ketones (excluding diaryl/α,β-unsaturated/α-hetero) is 1. The van der Waals surface area contributed by atoms with Crippen molar-refractivity contribution in [2.24, 2.45) is 17.6 Å². The molecule has 0 heterocycles. The first kappa shape index (κ1) is 55.8.